The maximum atomic E-state index is 13.8. The van der Waals surface area contributed by atoms with Crippen LogP contribution < -0.4 is 0 Å². The number of hydrogen-bond acceptors (Lipinski definition) is 5. The van der Waals surface area contributed by atoms with E-state index in [1.807, 2.05) is 31.2 Å². The lowest BCUT2D eigenvalue weighted by molar-refractivity contribution is -0.143. The molecule has 3 heterocycles. The second-order valence-electron chi connectivity index (χ2n) is 8.41. The lowest BCUT2D eigenvalue weighted by atomic mass is 9.74. The van der Waals surface area contributed by atoms with Gasteiger partial charge in [0.15, 0.2) is 0 Å². The number of pyridine rings is 1. The van der Waals surface area contributed by atoms with Crippen LogP contribution in [0.5, 0.6) is 0 Å². The van der Waals surface area contributed by atoms with Gasteiger partial charge in [0.05, 0.1) is 24.6 Å². The molecule has 0 radical (unpaired) electrons. The number of carbonyl (C=O) groups excluding carboxylic acids is 3. The number of rotatable bonds is 6. The van der Waals surface area contributed by atoms with Crippen LogP contribution in [0.3, 0.4) is 0 Å². The lowest BCUT2D eigenvalue weighted by Gasteiger charge is -2.32. The maximum absolute atomic E-state index is 13.8. The van der Waals surface area contributed by atoms with Crippen molar-refractivity contribution in [3.05, 3.63) is 65.5 Å². The molecule has 162 valence electrons. The molecule has 0 N–H and O–H groups in total. The molecule has 1 aromatic carbocycles. The van der Waals surface area contributed by atoms with Crippen LogP contribution in [-0.4, -0.2) is 58.8 Å². The summed E-state index contributed by atoms with van der Waals surface area (Å²) in [6, 6.07) is 11.1. The molecule has 0 spiro atoms. The van der Waals surface area contributed by atoms with Crippen molar-refractivity contribution < 1.29 is 19.1 Å². The van der Waals surface area contributed by atoms with Crippen LogP contribution in [-0.2, 0) is 31.1 Å². The molecule has 0 aliphatic carbocycles. The molecule has 0 unspecified atom stereocenters. The third-order valence-electron chi connectivity index (χ3n) is 6.46. The molecule has 7 nitrogen and oxygen atoms in total. The van der Waals surface area contributed by atoms with E-state index in [9.17, 15) is 14.4 Å². The zero-order valence-corrected chi connectivity index (χ0v) is 17.9. The van der Waals surface area contributed by atoms with E-state index in [0.29, 0.717) is 13.2 Å². The minimum atomic E-state index is -1.19. The van der Waals surface area contributed by atoms with Crippen molar-refractivity contribution in [2.24, 2.45) is 0 Å². The smallest absolute Gasteiger partial charge is 0.241 e. The minimum absolute atomic E-state index is 0.00143. The number of amides is 3. The largest absolute Gasteiger partial charge is 0.379 e. The van der Waals surface area contributed by atoms with Gasteiger partial charge in [0.2, 0.25) is 17.7 Å². The minimum Gasteiger partial charge on any atom is -0.379 e. The van der Waals surface area contributed by atoms with Crippen molar-refractivity contribution >= 4 is 17.7 Å². The third kappa shape index (κ3) is 3.97. The molecule has 2 fully saturated rings. The number of imide groups is 1. The van der Waals surface area contributed by atoms with Gasteiger partial charge >= 0.3 is 0 Å². The van der Waals surface area contributed by atoms with Crippen LogP contribution in [0.4, 0.5) is 0 Å². The van der Waals surface area contributed by atoms with Gasteiger partial charge in [0.1, 0.15) is 0 Å². The van der Waals surface area contributed by atoms with Crippen molar-refractivity contribution in [2.75, 3.05) is 20.3 Å². The van der Waals surface area contributed by atoms with Gasteiger partial charge in [-0.2, -0.15) is 0 Å². The second kappa shape index (κ2) is 8.59. The van der Waals surface area contributed by atoms with Crippen molar-refractivity contribution in [3.8, 4) is 0 Å². The Balaban J connectivity index is 1.68. The summed E-state index contributed by atoms with van der Waals surface area (Å²) in [7, 11) is 1.75. The number of hydrogen-bond donors (Lipinski definition) is 0. The maximum Gasteiger partial charge on any atom is 0.241 e. The Labute approximate surface area is 182 Å². The van der Waals surface area contributed by atoms with Gasteiger partial charge in [-0.1, -0.05) is 24.3 Å². The molecule has 0 saturated carbocycles. The molecular weight excluding hydrogens is 394 g/mol. The van der Waals surface area contributed by atoms with Crippen molar-refractivity contribution in [1.29, 1.82) is 0 Å². The highest BCUT2D eigenvalue weighted by Gasteiger charge is 2.54. The molecule has 3 amide bonds. The normalized spacial score (nSPS) is 23.4. The Bertz CT molecular complexity index is 987. The Hall–Kier alpha value is -3.06. The number of aromatic nitrogens is 1. The van der Waals surface area contributed by atoms with Crippen molar-refractivity contribution in [2.45, 2.75) is 44.2 Å². The van der Waals surface area contributed by atoms with E-state index in [1.165, 1.54) is 4.90 Å². The highest BCUT2D eigenvalue weighted by Crippen LogP contribution is 2.42. The summed E-state index contributed by atoms with van der Waals surface area (Å²) < 4.78 is 5.42. The van der Waals surface area contributed by atoms with E-state index in [4.69, 9.17) is 4.74 Å². The van der Waals surface area contributed by atoms with Crippen LogP contribution in [0.25, 0.3) is 0 Å². The molecule has 7 heteroatoms. The zero-order valence-electron chi connectivity index (χ0n) is 17.9. The van der Waals surface area contributed by atoms with Crippen LogP contribution in [0, 0.1) is 6.92 Å². The number of likely N-dealkylation sites (tertiary alicyclic amines) is 1. The summed E-state index contributed by atoms with van der Waals surface area (Å²) in [5, 5.41) is 0. The summed E-state index contributed by atoms with van der Waals surface area (Å²) in [6.45, 7) is 3.22. The number of ether oxygens (including phenoxy) is 1. The summed E-state index contributed by atoms with van der Waals surface area (Å²) in [5.74, 6) is -0.719. The van der Waals surface area contributed by atoms with Crippen molar-refractivity contribution in [3.63, 3.8) is 0 Å². The quantitative estimate of drug-likeness (QED) is 0.669. The Morgan fingerprint density at radius 2 is 1.97 bits per heavy atom. The summed E-state index contributed by atoms with van der Waals surface area (Å²) >= 11 is 0. The van der Waals surface area contributed by atoms with E-state index >= 15 is 0 Å². The van der Waals surface area contributed by atoms with Gasteiger partial charge in [0.25, 0.3) is 0 Å². The highest BCUT2D eigenvalue weighted by molar-refractivity contribution is 6.10. The first-order valence-corrected chi connectivity index (χ1v) is 10.6. The molecule has 4 rings (SSSR count). The fourth-order valence-electron chi connectivity index (χ4n) is 4.60. The number of carbonyl (C=O) groups is 3. The Morgan fingerprint density at radius 1 is 1.23 bits per heavy atom. The lowest BCUT2D eigenvalue weighted by Crippen LogP contribution is -2.45. The van der Waals surface area contributed by atoms with E-state index in [1.54, 1.807) is 36.5 Å². The summed E-state index contributed by atoms with van der Waals surface area (Å²) in [4.78, 5) is 47.0. The third-order valence-corrected chi connectivity index (χ3v) is 6.46. The van der Waals surface area contributed by atoms with Crippen LogP contribution in [0.15, 0.2) is 48.8 Å². The molecule has 31 heavy (non-hydrogen) atoms. The second-order valence-corrected chi connectivity index (χ2v) is 8.41. The average Bonchev–Trinajstić information content (AvgIpc) is 3.38. The molecule has 1 aromatic heterocycles. The monoisotopic (exact) mass is 421 g/mol. The van der Waals surface area contributed by atoms with E-state index in [-0.39, 0.29) is 43.1 Å². The number of likely N-dealkylation sites (N-methyl/N-ethyl adjacent to an activating group) is 1. The number of aryl methyl sites for hydroxylation is 1. The topological polar surface area (TPSA) is 79.8 Å². The van der Waals surface area contributed by atoms with Crippen LogP contribution >= 0.6 is 0 Å². The molecule has 0 bridgehead atoms. The van der Waals surface area contributed by atoms with Gasteiger partial charge in [-0.3, -0.25) is 24.3 Å². The number of benzene rings is 1. The van der Waals surface area contributed by atoms with Crippen LogP contribution in [0.2, 0.25) is 0 Å². The first-order chi connectivity index (χ1) is 14.9. The fraction of sp³-hybridized carbons (Fsp3) is 0.417. The Morgan fingerprint density at radius 3 is 2.65 bits per heavy atom. The predicted octanol–water partition coefficient (Wildman–Crippen LogP) is 2.22. The van der Waals surface area contributed by atoms with Gasteiger partial charge < -0.3 is 9.64 Å². The molecular formula is C24H27N3O4. The number of nitrogens with zero attached hydrogens (tertiary/aromatic N) is 3. The van der Waals surface area contributed by atoms with Gasteiger partial charge in [-0.05, 0) is 42.2 Å². The van der Waals surface area contributed by atoms with Crippen molar-refractivity contribution in [1.82, 2.24) is 14.8 Å². The SMILES string of the molecule is Cc1ccccc1[C@]1(CC(=O)N(C)[C@H]2CCOC2)CC(=O)N(Cc2ccncc2)C1=O. The van der Waals surface area contributed by atoms with Gasteiger partial charge in [0, 0.05) is 38.9 Å². The van der Waals surface area contributed by atoms with E-state index in [2.05, 4.69) is 4.98 Å². The molecule has 2 saturated heterocycles. The molecule has 2 aliphatic heterocycles. The standard InChI is InChI=1S/C24H27N3O4/c1-17-5-3-4-6-20(17)24(13-21(28)26(2)19-9-12-31-16-19)14-22(29)27(23(24)30)15-18-7-10-25-11-8-18/h3-8,10-11,19H,9,12-16H2,1-2H3/t19-,24-/m0/s1. The fourth-order valence-corrected chi connectivity index (χ4v) is 4.60. The molecule has 2 aliphatic rings. The predicted molar refractivity (Wildman–Crippen MR) is 114 cm³/mol. The van der Waals surface area contributed by atoms with Gasteiger partial charge in [-0.25, -0.2) is 0 Å². The average molecular weight is 421 g/mol. The molecule has 2 atom stereocenters. The molecule has 2 aromatic rings. The Kier molecular flexibility index (Phi) is 5.87. The first kappa shape index (κ1) is 21.2. The zero-order chi connectivity index (χ0) is 22.0. The first-order valence-electron chi connectivity index (χ1n) is 10.6. The highest BCUT2D eigenvalue weighted by atomic mass is 16.5. The summed E-state index contributed by atoms with van der Waals surface area (Å²) in [6.07, 6.45) is 4.00. The van der Waals surface area contributed by atoms with Gasteiger partial charge in [-0.15, -0.1) is 0 Å². The van der Waals surface area contributed by atoms with E-state index < -0.39 is 5.41 Å². The van der Waals surface area contributed by atoms with Crippen LogP contribution in [0.1, 0.15) is 36.0 Å². The summed E-state index contributed by atoms with van der Waals surface area (Å²) in [5.41, 5.74) is 1.27. The van der Waals surface area contributed by atoms with E-state index in [0.717, 1.165) is 23.1 Å².